The third kappa shape index (κ3) is 5.14. The molecule has 38 heavy (non-hydrogen) atoms. The van der Waals surface area contributed by atoms with Gasteiger partial charge in [0.15, 0.2) is 5.82 Å². The van der Waals surface area contributed by atoms with Gasteiger partial charge < -0.3 is 26.0 Å². The number of aromatic nitrogens is 3. The summed E-state index contributed by atoms with van der Waals surface area (Å²) in [6.07, 6.45) is 3.86. The molecule has 1 aliphatic rings. The highest BCUT2D eigenvalue weighted by Gasteiger charge is 2.26. The highest BCUT2D eigenvalue weighted by atomic mass is 35.5. The average Bonchev–Trinajstić information content (AvgIpc) is 2.87. The van der Waals surface area contributed by atoms with Crippen molar-refractivity contribution in [2.75, 3.05) is 29.0 Å². The maximum Gasteiger partial charge on any atom is 0.265 e. The first-order valence-corrected chi connectivity index (χ1v) is 13.3. The van der Waals surface area contributed by atoms with Crippen LogP contribution in [0.2, 0.25) is 5.02 Å². The van der Waals surface area contributed by atoms with Crippen LogP contribution in [0, 0.1) is 5.41 Å². The molecule has 5 N–H and O–H groups in total. The molecule has 0 aliphatic carbocycles. The van der Waals surface area contributed by atoms with E-state index in [1.165, 1.54) is 11.8 Å². The number of nitrogens with one attached hydrogen (secondary N) is 2. The molecule has 0 atom stereocenters. The fourth-order valence-electron chi connectivity index (χ4n) is 4.37. The second kappa shape index (κ2) is 10.2. The van der Waals surface area contributed by atoms with Crippen LogP contribution in [0.5, 0.6) is 5.75 Å². The summed E-state index contributed by atoms with van der Waals surface area (Å²) in [5.74, 6) is -0.152. The number of aromatic hydroxyl groups is 1. The second-order valence-electron chi connectivity index (χ2n) is 9.97. The minimum atomic E-state index is -0.785. The number of hydrogen-bond acceptors (Lipinski definition) is 8. The molecule has 5 rings (SSSR count). The molecular formula is C27H27ClN6O3S. The molecule has 2 aromatic heterocycles. The highest BCUT2D eigenvalue weighted by Crippen LogP contribution is 2.39. The Bertz CT molecular complexity index is 1600. The average molecular weight is 551 g/mol. The molecular weight excluding hydrogens is 524 g/mol. The fourth-order valence-corrected chi connectivity index (χ4v) is 5.47. The molecule has 0 unspecified atom stereocenters. The topological polar surface area (TPSA) is 137 Å². The molecule has 3 heterocycles. The Morgan fingerprint density at radius 2 is 1.92 bits per heavy atom. The molecule has 2 aromatic carbocycles. The van der Waals surface area contributed by atoms with Gasteiger partial charge in [0, 0.05) is 23.4 Å². The maximum atomic E-state index is 13.0. The van der Waals surface area contributed by atoms with Crippen molar-refractivity contribution in [3.8, 4) is 5.75 Å². The number of pyridine rings is 1. The van der Waals surface area contributed by atoms with E-state index in [-0.39, 0.29) is 16.5 Å². The minimum absolute atomic E-state index is 0.242. The Hall–Kier alpha value is -3.76. The Balaban J connectivity index is 1.35. The summed E-state index contributed by atoms with van der Waals surface area (Å²) in [6.45, 7) is 6.34. The number of nitrogens with zero attached hydrogens (tertiary/aromatic N) is 3. The zero-order valence-electron chi connectivity index (χ0n) is 20.9. The van der Waals surface area contributed by atoms with Crippen molar-refractivity contribution in [1.29, 1.82) is 0 Å². The van der Waals surface area contributed by atoms with E-state index >= 15 is 0 Å². The number of carbonyl (C=O) groups is 1. The van der Waals surface area contributed by atoms with Crippen molar-refractivity contribution in [2.45, 2.75) is 36.6 Å². The molecule has 1 fully saturated rings. The molecule has 0 spiro atoms. The highest BCUT2D eigenvalue weighted by molar-refractivity contribution is 7.99. The molecule has 11 heteroatoms. The van der Waals surface area contributed by atoms with E-state index in [1.807, 2.05) is 0 Å². The number of rotatable bonds is 5. The smallest absolute Gasteiger partial charge is 0.265 e. The monoisotopic (exact) mass is 550 g/mol. The van der Waals surface area contributed by atoms with Gasteiger partial charge in [-0.25, -0.2) is 9.97 Å². The number of carbonyl (C=O) groups excluding carboxylic acids is 1. The summed E-state index contributed by atoms with van der Waals surface area (Å²) in [7, 11) is 0. The summed E-state index contributed by atoms with van der Waals surface area (Å²) in [5.41, 5.74) is 6.17. The normalized spacial score (nSPS) is 15.0. The van der Waals surface area contributed by atoms with Crippen molar-refractivity contribution in [3.05, 3.63) is 69.6 Å². The Kier molecular flexibility index (Phi) is 6.93. The lowest BCUT2D eigenvalue weighted by Gasteiger charge is -2.37. The molecule has 1 aliphatic heterocycles. The molecule has 4 aromatic rings. The molecule has 0 bridgehead atoms. The van der Waals surface area contributed by atoms with Crippen molar-refractivity contribution < 1.29 is 9.90 Å². The molecule has 0 radical (unpaired) electrons. The number of para-hydroxylation sites is 1. The van der Waals surface area contributed by atoms with Crippen molar-refractivity contribution in [2.24, 2.45) is 5.41 Å². The van der Waals surface area contributed by atoms with Crippen LogP contribution in [0.1, 0.15) is 37.0 Å². The van der Waals surface area contributed by atoms with E-state index in [0.29, 0.717) is 26.2 Å². The fraction of sp³-hybridized carbons (Fsp3) is 0.259. The summed E-state index contributed by atoms with van der Waals surface area (Å²) >= 11 is 7.84. The number of fused-ring (bicyclic) bond motifs is 1. The number of hydrogen-bond donors (Lipinski definition) is 4. The van der Waals surface area contributed by atoms with E-state index in [9.17, 15) is 14.7 Å². The Morgan fingerprint density at radius 3 is 2.66 bits per heavy atom. The summed E-state index contributed by atoms with van der Waals surface area (Å²) in [5, 5.41) is 14.3. The lowest BCUT2D eigenvalue weighted by Crippen LogP contribution is -2.37. The van der Waals surface area contributed by atoms with Gasteiger partial charge in [-0.3, -0.25) is 9.59 Å². The number of nitrogen functional groups attached to an aromatic ring is 1. The number of aromatic amines is 1. The zero-order valence-corrected chi connectivity index (χ0v) is 22.5. The van der Waals surface area contributed by atoms with Crippen molar-refractivity contribution in [1.82, 2.24) is 15.0 Å². The summed E-state index contributed by atoms with van der Waals surface area (Å²) in [6, 6.07) is 11.8. The molecule has 0 saturated carbocycles. The van der Waals surface area contributed by atoms with E-state index in [2.05, 4.69) is 39.0 Å². The lowest BCUT2D eigenvalue weighted by molar-refractivity contribution is 0.102. The van der Waals surface area contributed by atoms with Crippen molar-refractivity contribution in [3.63, 3.8) is 0 Å². The number of halogens is 1. The number of H-pyrrole nitrogens is 1. The standard InChI is InChI=1S/C27H27ClN6O3S/c1-27(2)10-12-34(13-11-27)19-14-30-26(23(29)33-19)38-18-9-5-8-17(21(18)28)32-25(37)20-22(35)15-6-3-4-7-16(15)31-24(20)36/h3-9,14H,10-13H2,1-2H3,(H2,29,33)(H,32,37)(H2,31,35,36). The third-order valence-electron chi connectivity index (χ3n) is 6.73. The van der Waals surface area contributed by atoms with Gasteiger partial charge in [-0.1, -0.05) is 55.4 Å². The van der Waals surface area contributed by atoms with Gasteiger partial charge in [-0.05, 0) is 42.5 Å². The van der Waals surface area contributed by atoms with Crippen LogP contribution < -0.4 is 21.5 Å². The minimum Gasteiger partial charge on any atom is -0.506 e. The quantitative estimate of drug-likeness (QED) is 0.263. The second-order valence-corrected chi connectivity index (χ2v) is 11.4. The van der Waals surface area contributed by atoms with E-state index < -0.39 is 22.8 Å². The number of amides is 1. The van der Waals surface area contributed by atoms with Gasteiger partial charge in [0.25, 0.3) is 11.5 Å². The van der Waals surface area contributed by atoms with Gasteiger partial charge in [0.1, 0.15) is 22.2 Å². The number of benzene rings is 2. The number of piperidine rings is 1. The van der Waals surface area contributed by atoms with Crippen LogP contribution in [-0.2, 0) is 0 Å². The molecule has 1 amide bonds. The number of anilines is 3. The number of nitrogens with two attached hydrogens (primary N) is 1. The largest absolute Gasteiger partial charge is 0.506 e. The van der Waals surface area contributed by atoms with Gasteiger partial charge in [-0.2, -0.15) is 0 Å². The lowest BCUT2D eigenvalue weighted by atomic mass is 9.83. The maximum absolute atomic E-state index is 13.0. The Morgan fingerprint density at radius 1 is 1.18 bits per heavy atom. The molecule has 196 valence electrons. The van der Waals surface area contributed by atoms with Crippen LogP contribution >= 0.6 is 23.4 Å². The van der Waals surface area contributed by atoms with Crippen LogP contribution in [-0.4, -0.2) is 39.1 Å². The third-order valence-corrected chi connectivity index (χ3v) is 8.32. The molecule has 9 nitrogen and oxygen atoms in total. The van der Waals surface area contributed by atoms with Crippen LogP contribution in [0.4, 0.5) is 17.3 Å². The van der Waals surface area contributed by atoms with Crippen LogP contribution in [0.15, 0.2) is 63.4 Å². The SMILES string of the molecule is CC1(C)CCN(c2cnc(Sc3cccc(NC(=O)c4c(O)c5ccccc5[nH]c4=O)c3Cl)c(N)n2)CC1. The van der Waals surface area contributed by atoms with E-state index in [4.69, 9.17) is 17.3 Å². The molecule has 1 saturated heterocycles. The predicted octanol–water partition coefficient (Wildman–Crippen LogP) is 5.29. The van der Waals surface area contributed by atoms with E-state index in [1.54, 1.807) is 48.7 Å². The van der Waals surface area contributed by atoms with Crippen molar-refractivity contribution >= 4 is 57.5 Å². The first-order chi connectivity index (χ1) is 18.1. The summed E-state index contributed by atoms with van der Waals surface area (Å²) in [4.78, 5) is 40.0. The van der Waals surface area contributed by atoms with Gasteiger partial charge in [0.05, 0.1) is 22.4 Å². The zero-order chi connectivity index (χ0) is 27.0. The summed E-state index contributed by atoms with van der Waals surface area (Å²) < 4.78 is 0. The van der Waals surface area contributed by atoms with Crippen LogP contribution in [0.25, 0.3) is 10.9 Å². The van der Waals surface area contributed by atoms with Crippen LogP contribution in [0.3, 0.4) is 0 Å². The Labute approximate surface area is 228 Å². The predicted molar refractivity (Wildman–Crippen MR) is 151 cm³/mol. The van der Waals surface area contributed by atoms with E-state index in [0.717, 1.165) is 31.7 Å². The first-order valence-electron chi connectivity index (χ1n) is 12.1. The van der Waals surface area contributed by atoms with Gasteiger partial charge in [-0.15, -0.1) is 0 Å². The van der Waals surface area contributed by atoms with Gasteiger partial charge >= 0.3 is 0 Å². The van der Waals surface area contributed by atoms with Gasteiger partial charge in [0.2, 0.25) is 0 Å². The first kappa shape index (κ1) is 25.9.